The van der Waals surface area contributed by atoms with E-state index in [4.69, 9.17) is 9.47 Å². The number of aryl methyl sites for hydroxylation is 1. The van der Waals surface area contributed by atoms with Crippen LogP contribution in [0.3, 0.4) is 0 Å². The summed E-state index contributed by atoms with van der Waals surface area (Å²) in [5.41, 5.74) is 3.82. The molecule has 0 radical (unpaired) electrons. The highest BCUT2D eigenvalue weighted by Crippen LogP contribution is 2.49. The first-order chi connectivity index (χ1) is 14.1. The number of benzene rings is 2. The van der Waals surface area contributed by atoms with E-state index in [9.17, 15) is 4.79 Å². The van der Waals surface area contributed by atoms with Crippen LogP contribution in [-0.2, 0) is 5.41 Å². The second-order valence-corrected chi connectivity index (χ2v) is 8.21. The van der Waals surface area contributed by atoms with Crippen molar-refractivity contribution in [3.63, 3.8) is 0 Å². The van der Waals surface area contributed by atoms with E-state index < -0.39 is 0 Å². The van der Waals surface area contributed by atoms with E-state index in [1.165, 1.54) is 11.1 Å². The van der Waals surface area contributed by atoms with Gasteiger partial charge >= 0.3 is 6.03 Å². The lowest BCUT2D eigenvalue weighted by Gasteiger charge is -2.28. The van der Waals surface area contributed by atoms with E-state index in [1.807, 2.05) is 23.1 Å². The molecule has 5 nitrogen and oxygen atoms in total. The third-order valence-electron chi connectivity index (χ3n) is 6.46. The molecule has 1 unspecified atom stereocenters. The lowest BCUT2D eigenvalue weighted by atomic mass is 9.92. The van der Waals surface area contributed by atoms with Gasteiger partial charge in [-0.3, -0.25) is 0 Å². The monoisotopic (exact) mass is 394 g/mol. The first kappa shape index (κ1) is 19.6. The topological polar surface area (TPSA) is 50.8 Å². The summed E-state index contributed by atoms with van der Waals surface area (Å²) in [5.74, 6) is 1.53. The molecule has 0 aromatic heterocycles. The number of carbonyl (C=O) groups excluding carboxylic acids is 1. The zero-order valence-corrected chi connectivity index (χ0v) is 17.5. The Morgan fingerprint density at radius 1 is 1.17 bits per heavy atom. The fourth-order valence-electron chi connectivity index (χ4n) is 4.63. The molecular weight excluding hydrogens is 364 g/mol. The van der Waals surface area contributed by atoms with Gasteiger partial charge in [-0.15, -0.1) is 0 Å². The molecule has 2 amide bonds. The summed E-state index contributed by atoms with van der Waals surface area (Å²) in [7, 11) is 3.31. The second-order valence-electron chi connectivity index (χ2n) is 8.21. The minimum absolute atomic E-state index is 0.0187. The maximum absolute atomic E-state index is 13.1. The van der Waals surface area contributed by atoms with Crippen molar-refractivity contribution in [3.8, 4) is 11.5 Å². The zero-order chi connectivity index (χ0) is 20.4. The van der Waals surface area contributed by atoms with Crippen molar-refractivity contribution in [3.05, 3.63) is 59.2 Å². The van der Waals surface area contributed by atoms with Gasteiger partial charge in [0.05, 0.1) is 20.3 Å². The van der Waals surface area contributed by atoms with Crippen LogP contribution in [0.15, 0.2) is 42.5 Å². The standard InChI is InChI=1S/C24H30N2O3/c1-17-7-4-5-8-20(17)24(12-13-24)16-25-23(27)26-14-6-9-21(26)19-11-10-18(28-2)15-22(19)29-3/h4-5,7-8,10-11,15,21H,6,9,12-14,16H2,1-3H3,(H,25,27). The first-order valence-corrected chi connectivity index (χ1v) is 10.4. The number of ether oxygens (including phenoxy) is 2. The van der Waals surface area contributed by atoms with Crippen molar-refractivity contribution < 1.29 is 14.3 Å². The van der Waals surface area contributed by atoms with Crippen molar-refractivity contribution in [1.29, 1.82) is 0 Å². The molecule has 0 bridgehead atoms. The number of carbonyl (C=O) groups is 1. The zero-order valence-electron chi connectivity index (χ0n) is 17.5. The van der Waals surface area contributed by atoms with E-state index >= 15 is 0 Å². The SMILES string of the molecule is COc1ccc(C2CCCN2C(=O)NCC2(c3ccccc3C)CC2)c(OC)c1. The van der Waals surface area contributed by atoms with Crippen LogP contribution in [0.1, 0.15) is 48.4 Å². The van der Waals surface area contributed by atoms with Crippen LogP contribution in [0.25, 0.3) is 0 Å². The third kappa shape index (κ3) is 3.78. The van der Waals surface area contributed by atoms with Crippen LogP contribution in [-0.4, -0.2) is 38.2 Å². The number of hydrogen-bond donors (Lipinski definition) is 1. The first-order valence-electron chi connectivity index (χ1n) is 10.4. The van der Waals surface area contributed by atoms with Crippen LogP contribution in [0.4, 0.5) is 4.79 Å². The number of methoxy groups -OCH3 is 2. The molecule has 1 saturated heterocycles. The van der Waals surface area contributed by atoms with Gasteiger partial charge in [0.1, 0.15) is 11.5 Å². The van der Waals surface area contributed by atoms with Crippen molar-refractivity contribution in [2.24, 2.45) is 0 Å². The molecular formula is C24H30N2O3. The number of nitrogens with zero attached hydrogens (tertiary/aromatic N) is 1. The molecule has 2 aromatic carbocycles. The normalized spacial score (nSPS) is 19.7. The molecule has 154 valence electrons. The van der Waals surface area contributed by atoms with E-state index in [0.717, 1.165) is 49.3 Å². The molecule has 1 N–H and O–H groups in total. The van der Waals surface area contributed by atoms with E-state index in [-0.39, 0.29) is 17.5 Å². The van der Waals surface area contributed by atoms with Gasteiger partial charge in [-0.1, -0.05) is 24.3 Å². The summed E-state index contributed by atoms with van der Waals surface area (Å²) in [6, 6.07) is 14.4. The highest BCUT2D eigenvalue weighted by Gasteiger charge is 2.45. The molecule has 2 fully saturated rings. The smallest absolute Gasteiger partial charge is 0.317 e. The van der Waals surface area contributed by atoms with Crippen LogP contribution < -0.4 is 14.8 Å². The number of hydrogen-bond acceptors (Lipinski definition) is 3. The Labute approximate surface area is 173 Å². The largest absolute Gasteiger partial charge is 0.497 e. The van der Waals surface area contributed by atoms with Gasteiger partial charge in [-0.05, 0) is 55.9 Å². The summed E-state index contributed by atoms with van der Waals surface area (Å²) in [4.78, 5) is 15.0. The summed E-state index contributed by atoms with van der Waals surface area (Å²) < 4.78 is 10.9. The quantitative estimate of drug-likeness (QED) is 0.780. The molecule has 1 saturated carbocycles. The van der Waals surface area contributed by atoms with Gasteiger partial charge in [0.2, 0.25) is 0 Å². The average molecular weight is 395 g/mol. The lowest BCUT2D eigenvalue weighted by Crippen LogP contribution is -2.42. The molecule has 1 aliphatic carbocycles. The Bertz CT molecular complexity index is 891. The van der Waals surface area contributed by atoms with Gasteiger partial charge in [0, 0.05) is 30.1 Å². The van der Waals surface area contributed by atoms with Crippen molar-refractivity contribution >= 4 is 6.03 Å². The molecule has 2 aromatic rings. The minimum Gasteiger partial charge on any atom is -0.497 e. The Hall–Kier alpha value is -2.69. The number of amides is 2. The second kappa shape index (κ2) is 7.97. The van der Waals surface area contributed by atoms with Gasteiger partial charge < -0.3 is 19.7 Å². The number of rotatable bonds is 6. The van der Waals surface area contributed by atoms with Crippen molar-refractivity contribution in [2.75, 3.05) is 27.3 Å². The van der Waals surface area contributed by atoms with Gasteiger partial charge in [-0.25, -0.2) is 4.79 Å². The fraction of sp³-hybridized carbons (Fsp3) is 0.458. The Morgan fingerprint density at radius 2 is 1.97 bits per heavy atom. The van der Waals surface area contributed by atoms with Gasteiger partial charge in [-0.2, -0.15) is 0 Å². The Kier molecular flexibility index (Phi) is 5.39. The molecule has 2 aliphatic rings. The van der Waals surface area contributed by atoms with Crippen LogP contribution >= 0.6 is 0 Å². The highest BCUT2D eigenvalue weighted by atomic mass is 16.5. The third-order valence-corrected chi connectivity index (χ3v) is 6.46. The van der Waals surface area contributed by atoms with E-state index in [0.29, 0.717) is 6.54 Å². The van der Waals surface area contributed by atoms with Gasteiger partial charge in [0.25, 0.3) is 0 Å². The van der Waals surface area contributed by atoms with Crippen LogP contribution in [0.5, 0.6) is 11.5 Å². The predicted octanol–water partition coefficient (Wildman–Crippen LogP) is 4.59. The average Bonchev–Trinajstić information content (AvgIpc) is 3.38. The van der Waals surface area contributed by atoms with Crippen molar-refractivity contribution in [2.45, 2.75) is 44.1 Å². The minimum atomic E-state index is 0.0187. The number of nitrogens with one attached hydrogen (secondary N) is 1. The molecule has 1 aliphatic heterocycles. The maximum Gasteiger partial charge on any atom is 0.317 e. The van der Waals surface area contributed by atoms with E-state index in [2.05, 4.69) is 36.5 Å². The Balaban J connectivity index is 1.47. The van der Waals surface area contributed by atoms with Crippen molar-refractivity contribution in [1.82, 2.24) is 10.2 Å². The molecule has 1 heterocycles. The highest BCUT2D eigenvalue weighted by molar-refractivity contribution is 5.75. The summed E-state index contributed by atoms with van der Waals surface area (Å²) in [6.07, 6.45) is 4.21. The van der Waals surface area contributed by atoms with Crippen LogP contribution in [0, 0.1) is 6.92 Å². The molecule has 4 rings (SSSR count). The number of likely N-dealkylation sites (tertiary alicyclic amines) is 1. The Morgan fingerprint density at radius 3 is 2.66 bits per heavy atom. The fourth-order valence-corrected chi connectivity index (χ4v) is 4.63. The molecule has 5 heteroatoms. The maximum atomic E-state index is 13.1. The van der Waals surface area contributed by atoms with E-state index in [1.54, 1.807) is 14.2 Å². The summed E-state index contributed by atoms with van der Waals surface area (Å²) >= 11 is 0. The molecule has 0 spiro atoms. The number of urea groups is 1. The summed E-state index contributed by atoms with van der Waals surface area (Å²) in [5, 5.41) is 3.23. The predicted molar refractivity (Wildman–Crippen MR) is 114 cm³/mol. The van der Waals surface area contributed by atoms with Gasteiger partial charge in [0.15, 0.2) is 0 Å². The lowest BCUT2D eigenvalue weighted by molar-refractivity contribution is 0.191. The molecule has 1 atom stereocenters. The summed E-state index contributed by atoms with van der Waals surface area (Å²) in [6.45, 7) is 3.62. The molecule has 29 heavy (non-hydrogen) atoms. The van der Waals surface area contributed by atoms with Crippen LogP contribution in [0.2, 0.25) is 0 Å².